The van der Waals surface area contributed by atoms with Crippen molar-refractivity contribution in [2.75, 3.05) is 0 Å². The van der Waals surface area contributed by atoms with Crippen LogP contribution in [0.5, 0.6) is 0 Å². The molecular weight excluding hydrogens is 176 g/mol. The highest BCUT2D eigenvalue weighted by Gasteiger charge is 2.18. The van der Waals surface area contributed by atoms with Gasteiger partial charge in [-0.1, -0.05) is 5.92 Å². The molecule has 68 valence electrons. The molecule has 0 unspecified atom stereocenters. The average molecular weight is 184 g/mol. The van der Waals surface area contributed by atoms with Gasteiger partial charge in [-0.15, -0.1) is 0 Å². The van der Waals surface area contributed by atoms with E-state index in [1.54, 1.807) is 6.33 Å². The van der Waals surface area contributed by atoms with Gasteiger partial charge in [0.1, 0.15) is 17.5 Å². The summed E-state index contributed by atoms with van der Waals surface area (Å²) in [5.74, 6) is 6.82. The maximum atomic E-state index is 4.12. The molecule has 0 atom stereocenters. The van der Waals surface area contributed by atoms with Crippen LogP contribution >= 0.6 is 0 Å². The van der Waals surface area contributed by atoms with E-state index in [9.17, 15) is 0 Å². The highest BCUT2D eigenvalue weighted by molar-refractivity contribution is 5.75. The standard InChI is InChI=1S/C10H8N4/c1-2-7(1)3-4-8-9-10(13-5-11-8)14-6-12-9/h5-7H,1-2H2,(H,11,12,13,14). The van der Waals surface area contributed by atoms with Crippen LogP contribution in [0, 0.1) is 17.8 Å². The number of hydrogen-bond donors (Lipinski definition) is 1. The monoisotopic (exact) mass is 184 g/mol. The van der Waals surface area contributed by atoms with Crippen molar-refractivity contribution in [1.82, 2.24) is 19.9 Å². The normalized spacial score (nSPS) is 15.1. The Hall–Kier alpha value is -1.89. The molecule has 0 aromatic carbocycles. The predicted molar refractivity (Wildman–Crippen MR) is 51.3 cm³/mol. The van der Waals surface area contributed by atoms with E-state index in [-0.39, 0.29) is 0 Å². The average Bonchev–Trinajstić information content (AvgIpc) is 2.91. The molecule has 0 amide bonds. The van der Waals surface area contributed by atoms with Crippen molar-refractivity contribution >= 4 is 11.2 Å². The zero-order chi connectivity index (χ0) is 9.38. The van der Waals surface area contributed by atoms with Crippen molar-refractivity contribution in [2.45, 2.75) is 12.8 Å². The number of imidazole rings is 1. The summed E-state index contributed by atoms with van der Waals surface area (Å²) in [6, 6.07) is 0. The van der Waals surface area contributed by atoms with E-state index in [0.717, 1.165) is 11.2 Å². The van der Waals surface area contributed by atoms with E-state index >= 15 is 0 Å². The zero-order valence-corrected chi connectivity index (χ0v) is 7.49. The first-order valence-electron chi connectivity index (χ1n) is 4.59. The fraction of sp³-hybridized carbons (Fsp3) is 0.300. The number of fused-ring (bicyclic) bond motifs is 1. The Morgan fingerprint density at radius 1 is 1.29 bits per heavy atom. The van der Waals surface area contributed by atoms with Gasteiger partial charge >= 0.3 is 0 Å². The van der Waals surface area contributed by atoms with E-state index in [1.807, 2.05) is 0 Å². The van der Waals surface area contributed by atoms with Crippen LogP contribution in [0.25, 0.3) is 11.2 Å². The number of aromatic nitrogens is 4. The van der Waals surface area contributed by atoms with E-state index in [4.69, 9.17) is 0 Å². The molecule has 4 nitrogen and oxygen atoms in total. The van der Waals surface area contributed by atoms with E-state index < -0.39 is 0 Å². The summed E-state index contributed by atoms with van der Waals surface area (Å²) < 4.78 is 0. The minimum atomic E-state index is 0.586. The van der Waals surface area contributed by atoms with Gasteiger partial charge in [-0.05, 0) is 18.8 Å². The summed E-state index contributed by atoms with van der Waals surface area (Å²) in [5, 5.41) is 0. The Bertz CT molecular complexity index is 528. The van der Waals surface area contributed by atoms with Gasteiger partial charge in [-0.3, -0.25) is 0 Å². The summed E-state index contributed by atoms with van der Waals surface area (Å²) in [6.07, 6.45) is 5.57. The quantitative estimate of drug-likeness (QED) is 0.624. The molecule has 1 fully saturated rings. The first kappa shape index (κ1) is 7.51. The SMILES string of the molecule is C(#CC1CC1)c1ncnc2nc[nH]c12. The van der Waals surface area contributed by atoms with Crippen LogP contribution < -0.4 is 0 Å². The smallest absolute Gasteiger partial charge is 0.181 e. The molecule has 1 aliphatic carbocycles. The number of rotatable bonds is 0. The Labute approximate surface area is 80.8 Å². The minimum Gasteiger partial charge on any atom is -0.341 e. The number of hydrogen-bond acceptors (Lipinski definition) is 3. The van der Waals surface area contributed by atoms with Gasteiger partial charge in [0.05, 0.1) is 6.33 Å². The van der Waals surface area contributed by atoms with E-state index in [2.05, 4.69) is 31.8 Å². The van der Waals surface area contributed by atoms with Gasteiger partial charge in [-0.25, -0.2) is 15.0 Å². The number of H-pyrrole nitrogens is 1. The van der Waals surface area contributed by atoms with E-state index in [1.165, 1.54) is 19.2 Å². The molecule has 1 saturated carbocycles. The summed E-state index contributed by atoms with van der Waals surface area (Å²) in [4.78, 5) is 15.2. The Morgan fingerprint density at radius 2 is 2.21 bits per heavy atom. The predicted octanol–water partition coefficient (Wildman–Crippen LogP) is 1.11. The summed E-state index contributed by atoms with van der Waals surface area (Å²) in [7, 11) is 0. The Morgan fingerprint density at radius 3 is 3.07 bits per heavy atom. The third kappa shape index (κ3) is 1.23. The van der Waals surface area contributed by atoms with Crippen LogP contribution in [0.3, 0.4) is 0 Å². The minimum absolute atomic E-state index is 0.586. The fourth-order valence-electron chi connectivity index (χ4n) is 1.26. The molecule has 0 saturated heterocycles. The summed E-state index contributed by atoms with van der Waals surface area (Å²) in [5.41, 5.74) is 2.26. The first-order chi connectivity index (χ1) is 6.93. The van der Waals surface area contributed by atoms with Crippen molar-refractivity contribution in [2.24, 2.45) is 5.92 Å². The lowest BCUT2D eigenvalue weighted by Gasteiger charge is -1.89. The van der Waals surface area contributed by atoms with Crippen molar-refractivity contribution in [1.29, 1.82) is 0 Å². The first-order valence-corrected chi connectivity index (χ1v) is 4.59. The second kappa shape index (κ2) is 2.81. The van der Waals surface area contributed by atoms with Crippen LogP contribution in [-0.2, 0) is 0 Å². The molecule has 14 heavy (non-hydrogen) atoms. The van der Waals surface area contributed by atoms with Crippen molar-refractivity contribution in [3.63, 3.8) is 0 Å². The third-order valence-electron chi connectivity index (χ3n) is 2.20. The van der Waals surface area contributed by atoms with Gasteiger partial charge in [0.25, 0.3) is 0 Å². The second-order valence-electron chi connectivity index (χ2n) is 3.37. The van der Waals surface area contributed by atoms with Gasteiger partial charge in [0.2, 0.25) is 0 Å². The molecule has 1 N–H and O–H groups in total. The number of aromatic amines is 1. The van der Waals surface area contributed by atoms with Gasteiger partial charge in [0.15, 0.2) is 5.65 Å². The van der Waals surface area contributed by atoms with Crippen molar-refractivity contribution in [3.05, 3.63) is 18.3 Å². The Balaban J connectivity index is 2.11. The lowest BCUT2D eigenvalue weighted by Crippen LogP contribution is -1.87. The molecule has 2 aromatic rings. The van der Waals surface area contributed by atoms with Gasteiger partial charge in [-0.2, -0.15) is 0 Å². The number of nitrogens with zero attached hydrogens (tertiary/aromatic N) is 3. The summed E-state index contributed by atoms with van der Waals surface area (Å²) in [6.45, 7) is 0. The lowest BCUT2D eigenvalue weighted by molar-refractivity contribution is 1.16. The van der Waals surface area contributed by atoms with Crippen molar-refractivity contribution < 1.29 is 0 Å². The van der Waals surface area contributed by atoms with Crippen LogP contribution in [0.2, 0.25) is 0 Å². The van der Waals surface area contributed by atoms with Crippen LogP contribution in [0.1, 0.15) is 18.5 Å². The molecule has 2 heterocycles. The highest BCUT2D eigenvalue weighted by Crippen LogP contribution is 2.27. The molecule has 3 rings (SSSR count). The zero-order valence-electron chi connectivity index (χ0n) is 7.49. The third-order valence-corrected chi connectivity index (χ3v) is 2.20. The van der Waals surface area contributed by atoms with Crippen molar-refractivity contribution in [3.8, 4) is 11.8 Å². The maximum absolute atomic E-state index is 4.12. The molecule has 2 aromatic heterocycles. The maximum Gasteiger partial charge on any atom is 0.181 e. The molecule has 0 radical (unpaired) electrons. The molecule has 4 heteroatoms. The fourth-order valence-corrected chi connectivity index (χ4v) is 1.26. The molecule has 0 bridgehead atoms. The molecule has 0 spiro atoms. The molecule has 1 aliphatic rings. The van der Waals surface area contributed by atoms with E-state index in [0.29, 0.717) is 11.6 Å². The topological polar surface area (TPSA) is 54.5 Å². The Kier molecular flexibility index (Phi) is 1.51. The van der Waals surface area contributed by atoms with Gasteiger partial charge in [0, 0.05) is 5.92 Å². The second-order valence-corrected chi connectivity index (χ2v) is 3.37. The largest absolute Gasteiger partial charge is 0.341 e. The lowest BCUT2D eigenvalue weighted by atomic mass is 10.3. The summed E-state index contributed by atoms with van der Waals surface area (Å²) >= 11 is 0. The van der Waals surface area contributed by atoms with Crippen LogP contribution in [-0.4, -0.2) is 19.9 Å². The molecular formula is C10H8N4. The van der Waals surface area contributed by atoms with Gasteiger partial charge < -0.3 is 4.98 Å². The molecule has 0 aliphatic heterocycles. The van der Waals surface area contributed by atoms with Crippen LogP contribution in [0.4, 0.5) is 0 Å². The van der Waals surface area contributed by atoms with Crippen LogP contribution in [0.15, 0.2) is 12.7 Å². The number of nitrogens with one attached hydrogen (secondary N) is 1. The highest BCUT2D eigenvalue weighted by atomic mass is 15.0.